The third kappa shape index (κ3) is 1.58. The summed E-state index contributed by atoms with van der Waals surface area (Å²) in [7, 11) is 0. The van der Waals surface area contributed by atoms with Gasteiger partial charge in [-0.2, -0.15) is 0 Å². The summed E-state index contributed by atoms with van der Waals surface area (Å²) in [5, 5.41) is 1.49. The molecule has 0 saturated heterocycles. The highest BCUT2D eigenvalue weighted by molar-refractivity contribution is 6.34. The summed E-state index contributed by atoms with van der Waals surface area (Å²) in [4.78, 5) is 8.45. The topological polar surface area (TPSA) is 25.8 Å². The minimum atomic E-state index is 0.544. The number of aryl methyl sites for hydroxylation is 2. The molecule has 3 heteroatoms. The SMILES string of the molecule is CCc1ccc2nc(C)nc(Cl)c2c1. The smallest absolute Gasteiger partial charge is 0.140 e. The van der Waals surface area contributed by atoms with Crippen LogP contribution in [0.2, 0.25) is 5.15 Å². The van der Waals surface area contributed by atoms with Crippen molar-refractivity contribution < 1.29 is 0 Å². The molecule has 72 valence electrons. The van der Waals surface area contributed by atoms with Crippen LogP contribution in [0.4, 0.5) is 0 Å². The first kappa shape index (κ1) is 9.41. The summed E-state index contributed by atoms with van der Waals surface area (Å²) in [5.74, 6) is 0.715. The fraction of sp³-hybridized carbons (Fsp3) is 0.273. The zero-order valence-corrected chi connectivity index (χ0v) is 8.97. The lowest BCUT2D eigenvalue weighted by Crippen LogP contribution is -1.91. The predicted octanol–water partition coefficient (Wildman–Crippen LogP) is 3.15. The van der Waals surface area contributed by atoms with Gasteiger partial charge < -0.3 is 0 Å². The minimum absolute atomic E-state index is 0.544. The molecule has 0 unspecified atom stereocenters. The van der Waals surface area contributed by atoms with Gasteiger partial charge in [0, 0.05) is 5.39 Å². The number of hydrogen-bond acceptors (Lipinski definition) is 2. The molecule has 0 radical (unpaired) electrons. The number of halogens is 1. The van der Waals surface area contributed by atoms with E-state index in [-0.39, 0.29) is 0 Å². The lowest BCUT2D eigenvalue weighted by atomic mass is 10.1. The molecule has 0 N–H and O–H groups in total. The van der Waals surface area contributed by atoms with E-state index < -0.39 is 0 Å². The Hall–Kier alpha value is -1.15. The van der Waals surface area contributed by atoms with Gasteiger partial charge in [0.2, 0.25) is 0 Å². The summed E-state index contributed by atoms with van der Waals surface area (Å²) in [5.41, 5.74) is 2.17. The van der Waals surface area contributed by atoms with Gasteiger partial charge in [0.15, 0.2) is 0 Å². The van der Waals surface area contributed by atoms with Crippen LogP contribution in [0.15, 0.2) is 18.2 Å². The largest absolute Gasteiger partial charge is 0.233 e. The van der Waals surface area contributed by atoms with Gasteiger partial charge in [-0.15, -0.1) is 0 Å². The molecule has 0 aliphatic carbocycles. The van der Waals surface area contributed by atoms with Gasteiger partial charge in [0.1, 0.15) is 11.0 Å². The van der Waals surface area contributed by atoms with Crippen LogP contribution in [0.5, 0.6) is 0 Å². The minimum Gasteiger partial charge on any atom is -0.233 e. The molecule has 0 aliphatic heterocycles. The highest BCUT2D eigenvalue weighted by Gasteiger charge is 2.03. The summed E-state index contributed by atoms with van der Waals surface area (Å²) in [6.45, 7) is 3.96. The average molecular weight is 207 g/mol. The lowest BCUT2D eigenvalue weighted by Gasteiger charge is -2.03. The fourth-order valence-electron chi connectivity index (χ4n) is 1.47. The Bertz CT molecular complexity index is 480. The molecule has 0 aliphatic rings. The van der Waals surface area contributed by atoms with Crippen molar-refractivity contribution in [3.63, 3.8) is 0 Å². The number of hydrogen-bond donors (Lipinski definition) is 0. The van der Waals surface area contributed by atoms with Crippen molar-refractivity contribution in [2.24, 2.45) is 0 Å². The van der Waals surface area contributed by atoms with Crippen molar-refractivity contribution in [3.05, 3.63) is 34.7 Å². The predicted molar refractivity (Wildman–Crippen MR) is 58.7 cm³/mol. The molecule has 2 rings (SSSR count). The first-order valence-electron chi connectivity index (χ1n) is 4.63. The number of fused-ring (bicyclic) bond motifs is 1. The third-order valence-corrected chi connectivity index (χ3v) is 2.52. The maximum Gasteiger partial charge on any atom is 0.140 e. The van der Waals surface area contributed by atoms with Gasteiger partial charge in [-0.3, -0.25) is 0 Å². The normalized spacial score (nSPS) is 10.8. The summed E-state index contributed by atoms with van der Waals surface area (Å²) in [6, 6.07) is 6.12. The average Bonchev–Trinajstić information content (AvgIpc) is 2.17. The molecule has 1 aromatic heterocycles. The molecule has 0 saturated carbocycles. The number of aromatic nitrogens is 2. The van der Waals surface area contributed by atoms with Crippen LogP contribution in [0, 0.1) is 6.92 Å². The van der Waals surface area contributed by atoms with E-state index in [1.54, 1.807) is 0 Å². The Kier molecular flexibility index (Phi) is 2.38. The second-order valence-electron chi connectivity index (χ2n) is 3.27. The van der Waals surface area contributed by atoms with Crippen molar-refractivity contribution in [2.75, 3.05) is 0 Å². The third-order valence-electron chi connectivity index (χ3n) is 2.23. The zero-order valence-electron chi connectivity index (χ0n) is 8.21. The highest BCUT2D eigenvalue weighted by atomic mass is 35.5. The van der Waals surface area contributed by atoms with Gasteiger partial charge in [-0.05, 0) is 31.0 Å². The molecule has 0 fully saturated rings. The van der Waals surface area contributed by atoms with Gasteiger partial charge in [0.05, 0.1) is 5.52 Å². The van der Waals surface area contributed by atoms with E-state index in [4.69, 9.17) is 11.6 Å². The maximum atomic E-state index is 6.04. The van der Waals surface area contributed by atoms with E-state index in [9.17, 15) is 0 Å². The summed E-state index contributed by atoms with van der Waals surface area (Å²) in [6.07, 6.45) is 1.00. The van der Waals surface area contributed by atoms with Crippen molar-refractivity contribution in [1.82, 2.24) is 9.97 Å². The molecule has 2 nitrogen and oxygen atoms in total. The molecule has 2 aromatic rings. The number of nitrogens with zero attached hydrogens (tertiary/aromatic N) is 2. The van der Waals surface area contributed by atoms with E-state index in [1.165, 1.54) is 5.56 Å². The van der Waals surface area contributed by atoms with Crippen molar-refractivity contribution in [1.29, 1.82) is 0 Å². The zero-order chi connectivity index (χ0) is 10.1. The molecule has 0 amide bonds. The van der Waals surface area contributed by atoms with Crippen LogP contribution in [0.25, 0.3) is 10.9 Å². The maximum absolute atomic E-state index is 6.04. The Morgan fingerprint density at radius 2 is 2.07 bits per heavy atom. The van der Waals surface area contributed by atoms with E-state index in [2.05, 4.69) is 29.0 Å². The first-order valence-corrected chi connectivity index (χ1v) is 5.01. The van der Waals surface area contributed by atoms with E-state index in [0.29, 0.717) is 11.0 Å². The molecule has 0 bridgehead atoms. The van der Waals surface area contributed by atoms with Crippen LogP contribution in [-0.4, -0.2) is 9.97 Å². The number of rotatable bonds is 1. The lowest BCUT2D eigenvalue weighted by molar-refractivity contribution is 1.08. The van der Waals surface area contributed by atoms with Gasteiger partial charge >= 0.3 is 0 Å². The Morgan fingerprint density at radius 3 is 2.79 bits per heavy atom. The van der Waals surface area contributed by atoms with Crippen LogP contribution >= 0.6 is 11.6 Å². The van der Waals surface area contributed by atoms with Crippen molar-refractivity contribution >= 4 is 22.5 Å². The molecular weight excluding hydrogens is 196 g/mol. The monoisotopic (exact) mass is 206 g/mol. The van der Waals surface area contributed by atoms with E-state index in [0.717, 1.165) is 17.3 Å². The quantitative estimate of drug-likeness (QED) is 0.670. The molecule has 0 atom stereocenters. The van der Waals surface area contributed by atoms with E-state index in [1.807, 2.05) is 13.0 Å². The summed E-state index contributed by atoms with van der Waals surface area (Å²) < 4.78 is 0. The highest BCUT2D eigenvalue weighted by Crippen LogP contribution is 2.21. The standard InChI is InChI=1S/C11H11ClN2/c1-3-8-4-5-10-9(6-8)11(12)14-7(2)13-10/h4-6H,3H2,1-2H3. The molecule has 14 heavy (non-hydrogen) atoms. The second kappa shape index (κ2) is 3.54. The Labute approximate surface area is 88.0 Å². The van der Waals surface area contributed by atoms with Crippen LogP contribution < -0.4 is 0 Å². The number of benzene rings is 1. The Balaban J connectivity index is 2.75. The van der Waals surface area contributed by atoms with E-state index >= 15 is 0 Å². The molecule has 1 aromatic carbocycles. The van der Waals surface area contributed by atoms with Crippen molar-refractivity contribution in [2.45, 2.75) is 20.3 Å². The second-order valence-corrected chi connectivity index (χ2v) is 3.62. The first-order chi connectivity index (χ1) is 6.70. The molecule has 1 heterocycles. The summed E-state index contributed by atoms with van der Waals surface area (Å²) >= 11 is 6.04. The van der Waals surface area contributed by atoms with Gasteiger partial charge in [0.25, 0.3) is 0 Å². The van der Waals surface area contributed by atoms with Crippen LogP contribution in [-0.2, 0) is 6.42 Å². The molecular formula is C11H11ClN2. The van der Waals surface area contributed by atoms with Gasteiger partial charge in [-0.1, -0.05) is 24.6 Å². The van der Waals surface area contributed by atoms with Crippen molar-refractivity contribution in [3.8, 4) is 0 Å². The fourth-order valence-corrected chi connectivity index (χ4v) is 1.74. The Morgan fingerprint density at radius 1 is 1.29 bits per heavy atom. The molecule has 0 spiro atoms. The van der Waals surface area contributed by atoms with Gasteiger partial charge in [-0.25, -0.2) is 9.97 Å². The van der Waals surface area contributed by atoms with Crippen LogP contribution in [0.1, 0.15) is 18.3 Å². The van der Waals surface area contributed by atoms with Crippen LogP contribution in [0.3, 0.4) is 0 Å².